The van der Waals surface area contributed by atoms with E-state index in [1.165, 1.54) is 11.1 Å². The van der Waals surface area contributed by atoms with Gasteiger partial charge in [0, 0.05) is 25.6 Å². The van der Waals surface area contributed by atoms with Gasteiger partial charge in [-0.05, 0) is 31.9 Å². The molecule has 94 valence electrons. The summed E-state index contributed by atoms with van der Waals surface area (Å²) in [6.07, 6.45) is 0.416. The average molecular weight is 234 g/mol. The van der Waals surface area contributed by atoms with Crippen molar-refractivity contribution in [2.75, 3.05) is 6.54 Å². The van der Waals surface area contributed by atoms with Gasteiger partial charge in [-0.25, -0.2) is 0 Å². The van der Waals surface area contributed by atoms with E-state index in [9.17, 15) is 4.79 Å². The molecule has 0 bridgehead atoms. The number of carbonyl (C=O) groups is 1. The molecule has 0 aromatic heterocycles. The maximum absolute atomic E-state index is 11.9. The Kier molecular flexibility index (Phi) is 5.16. The van der Waals surface area contributed by atoms with Crippen LogP contribution in [0.1, 0.15) is 31.4 Å². The predicted molar refractivity (Wildman–Crippen MR) is 70.5 cm³/mol. The van der Waals surface area contributed by atoms with Gasteiger partial charge in [0.25, 0.3) is 0 Å². The highest BCUT2D eigenvalue weighted by Crippen LogP contribution is 2.11. The lowest BCUT2D eigenvalue weighted by molar-refractivity contribution is -0.131. The molecule has 3 nitrogen and oxygen atoms in total. The summed E-state index contributed by atoms with van der Waals surface area (Å²) < 4.78 is 0. The van der Waals surface area contributed by atoms with E-state index in [1.54, 1.807) is 0 Å². The Morgan fingerprint density at radius 3 is 2.59 bits per heavy atom. The SMILES string of the molecule is CCN(Cc1ccccc1C)C(=O)CC(C)N. The highest BCUT2D eigenvalue weighted by molar-refractivity contribution is 5.76. The maximum atomic E-state index is 11.9. The second-order valence-electron chi connectivity index (χ2n) is 4.52. The van der Waals surface area contributed by atoms with Gasteiger partial charge < -0.3 is 10.6 Å². The molecule has 1 aromatic rings. The molecule has 0 aliphatic rings. The first kappa shape index (κ1) is 13.7. The van der Waals surface area contributed by atoms with Gasteiger partial charge in [-0.2, -0.15) is 0 Å². The molecule has 1 amide bonds. The quantitative estimate of drug-likeness (QED) is 0.848. The molecule has 0 aliphatic carbocycles. The van der Waals surface area contributed by atoms with Crippen molar-refractivity contribution in [1.82, 2.24) is 4.90 Å². The second-order valence-corrected chi connectivity index (χ2v) is 4.52. The molecular weight excluding hydrogens is 212 g/mol. The van der Waals surface area contributed by atoms with Crippen LogP contribution in [-0.4, -0.2) is 23.4 Å². The largest absolute Gasteiger partial charge is 0.339 e. The van der Waals surface area contributed by atoms with Crippen molar-refractivity contribution in [3.05, 3.63) is 35.4 Å². The second kappa shape index (κ2) is 6.40. The van der Waals surface area contributed by atoms with Crippen molar-refractivity contribution in [2.24, 2.45) is 5.73 Å². The molecule has 0 spiro atoms. The van der Waals surface area contributed by atoms with Crippen LogP contribution >= 0.6 is 0 Å². The number of benzene rings is 1. The van der Waals surface area contributed by atoms with Crippen LogP contribution < -0.4 is 5.73 Å². The van der Waals surface area contributed by atoms with E-state index in [-0.39, 0.29) is 11.9 Å². The van der Waals surface area contributed by atoms with Crippen LogP contribution in [0, 0.1) is 6.92 Å². The van der Waals surface area contributed by atoms with E-state index in [4.69, 9.17) is 5.73 Å². The van der Waals surface area contributed by atoms with E-state index in [0.29, 0.717) is 13.0 Å². The Morgan fingerprint density at radius 1 is 1.41 bits per heavy atom. The summed E-state index contributed by atoms with van der Waals surface area (Å²) in [6, 6.07) is 8.08. The normalized spacial score (nSPS) is 12.2. The predicted octanol–water partition coefficient (Wildman–Crippen LogP) is 2.08. The van der Waals surface area contributed by atoms with Gasteiger partial charge in [-0.3, -0.25) is 4.79 Å². The summed E-state index contributed by atoms with van der Waals surface area (Å²) in [6.45, 7) is 7.32. The van der Waals surface area contributed by atoms with Gasteiger partial charge in [-0.15, -0.1) is 0 Å². The number of hydrogen-bond donors (Lipinski definition) is 1. The minimum atomic E-state index is -0.0755. The summed E-state index contributed by atoms with van der Waals surface area (Å²) in [5.41, 5.74) is 8.08. The number of nitrogens with two attached hydrogens (primary N) is 1. The summed E-state index contributed by atoms with van der Waals surface area (Å²) in [5.74, 6) is 0.130. The van der Waals surface area contributed by atoms with Crippen LogP contribution in [-0.2, 0) is 11.3 Å². The molecule has 17 heavy (non-hydrogen) atoms. The molecule has 3 heteroatoms. The summed E-state index contributed by atoms with van der Waals surface area (Å²) >= 11 is 0. The number of aryl methyl sites for hydroxylation is 1. The fraction of sp³-hybridized carbons (Fsp3) is 0.500. The first-order chi connectivity index (χ1) is 8.04. The smallest absolute Gasteiger partial charge is 0.224 e. The lowest BCUT2D eigenvalue weighted by Gasteiger charge is -2.22. The molecule has 1 aromatic carbocycles. The monoisotopic (exact) mass is 234 g/mol. The number of nitrogens with zero attached hydrogens (tertiary/aromatic N) is 1. The highest BCUT2D eigenvalue weighted by atomic mass is 16.2. The third kappa shape index (κ3) is 4.19. The lowest BCUT2D eigenvalue weighted by atomic mass is 10.1. The molecule has 0 heterocycles. The van der Waals surface area contributed by atoms with Crippen molar-refractivity contribution in [2.45, 2.75) is 39.8 Å². The number of hydrogen-bond acceptors (Lipinski definition) is 2. The average Bonchev–Trinajstić information content (AvgIpc) is 2.27. The fourth-order valence-corrected chi connectivity index (χ4v) is 1.77. The van der Waals surface area contributed by atoms with E-state index in [1.807, 2.05) is 30.9 Å². The summed E-state index contributed by atoms with van der Waals surface area (Å²) in [4.78, 5) is 13.8. The standard InChI is InChI=1S/C14H22N2O/c1-4-16(14(17)9-12(3)15)10-13-8-6-5-7-11(13)2/h5-8,12H,4,9-10,15H2,1-3H3. The molecule has 1 rings (SSSR count). The molecule has 0 saturated heterocycles. The molecule has 2 N–H and O–H groups in total. The lowest BCUT2D eigenvalue weighted by Crippen LogP contribution is -2.34. The molecule has 0 saturated carbocycles. The topological polar surface area (TPSA) is 46.3 Å². The van der Waals surface area contributed by atoms with Gasteiger partial charge in [0.2, 0.25) is 5.91 Å². The highest BCUT2D eigenvalue weighted by Gasteiger charge is 2.14. The van der Waals surface area contributed by atoms with Crippen LogP contribution in [0.4, 0.5) is 0 Å². The molecule has 0 fully saturated rings. The first-order valence-corrected chi connectivity index (χ1v) is 6.12. The molecule has 1 unspecified atom stereocenters. The Morgan fingerprint density at radius 2 is 2.06 bits per heavy atom. The Labute approximate surface area is 104 Å². The minimum absolute atomic E-state index is 0.0755. The number of rotatable bonds is 5. The van der Waals surface area contributed by atoms with Gasteiger partial charge in [0.15, 0.2) is 0 Å². The summed E-state index contributed by atoms with van der Waals surface area (Å²) in [5, 5.41) is 0. The zero-order chi connectivity index (χ0) is 12.8. The van der Waals surface area contributed by atoms with E-state index >= 15 is 0 Å². The van der Waals surface area contributed by atoms with Gasteiger partial charge in [-0.1, -0.05) is 24.3 Å². The van der Waals surface area contributed by atoms with Crippen LogP contribution in [0.15, 0.2) is 24.3 Å². The molecule has 1 atom stereocenters. The first-order valence-electron chi connectivity index (χ1n) is 6.12. The van der Waals surface area contributed by atoms with E-state index in [0.717, 1.165) is 6.54 Å². The van der Waals surface area contributed by atoms with Crippen LogP contribution in [0.2, 0.25) is 0 Å². The maximum Gasteiger partial charge on any atom is 0.224 e. The van der Waals surface area contributed by atoms with Crippen molar-refractivity contribution < 1.29 is 4.79 Å². The molecule has 0 aliphatic heterocycles. The van der Waals surface area contributed by atoms with Crippen LogP contribution in [0.5, 0.6) is 0 Å². The molecule has 0 radical (unpaired) electrons. The van der Waals surface area contributed by atoms with E-state index in [2.05, 4.69) is 19.1 Å². The van der Waals surface area contributed by atoms with Crippen LogP contribution in [0.25, 0.3) is 0 Å². The Balaban J connectivity index is 2.70. The number of amides is 1. The third-order valence-electron chi connectivity index (χ3n) is 2.85. The zero-order valence-corrected chi connectivity index (χ0v) is 10.9. The van der Waals surface area contributed by atoms with E-state index < -0.39 is 0 Å². The number of carbonyl (C=O) groups excluding carboxylic acids is 1. The summed E-state index contributed by atoms with van der Waals surface area (Å²) in [7, 11) is 0. The van der Waals surface area contributed by atoms with Gasteiger partial charge in [0.05, 0.1) is 0 Å². The Bertz CT molecular complexity index is 374. The fourth-order valence-electron chi connectivity index (χ4n) is 1.77. The molecular formula is C14H22N2O. The van der Waals surface area contributed by atoms with Crippen molar-refractivity contribution in [3.63, 3.8) is 0 Å². The van der Waals surface area contributed by atoms with Crippen molar-refractivity contribution in [1.29, 1.82) is 0 Å². The van der Waals surface area contributed by atoms with Gasteiger partial charge in [0.1, 0.15) is 0 Å². The zero-order valence-electron chi connectivity index (χ0n) is 10.9. The van der Waals surface area contributed by atoms with Crippen molar-refractivity contribution in [3.8, 4) is 0 Å². The van der Waals surface area contributed by atoms with Gasteiger partial charge >= 0.3 is 0 Å². The van der Waals surface area contributed by atoms with Crippen LogP contribution in [0.3, 0.4) is 0 Å². The third-order valence-corrected chi connectivity index (χ3v) is 2.85. The Hall–Kier alpha value is -1.35. The minimum Gasteiger partial charge on any atom is -0.339 e. The van der Waals surface area contributed by atoms with Crippen molar-refractivity contribution >= 4 is 5.91 Å².